The third-order valence-electron chi connectivity index (χ3n) is 1.24. The standard InChI is InChI=1S/C5H8F4O2/c6-1-4(11)3(2-10)5(7,8)9/h3-4,10-11H,1-2H2. The Labute approximate surface area is 60.4 Å². The molecule has 0 aliphatic carbocycles. The van der Waals surface area contributed by atoms with Crippen LogP contribution >= 0.6 is 0 Å². The zero-order chi connectivity index (χ0) is 9.07. The highest BCUT2D eigenvalue weighted by Gasteiger charge is 2.43. The Bertz CT molecular complexity index is 114. The molecule has 0 bridgehead atoms. The van der Waals surface area contributed by atoms with Crippen LogP contribution < -0.4 is 0 Å². The van der Waals surface area contributed by atoms with Gasteiger partial charge in [0.15, 0.2) is 0 Å². The van der Waals surface area contributed by atoms with E-state index in [1.807, 2.05) is 0 Å². The average molecular weight is 176 g/mol. The molecule has 0 aromatic heterocycles. The molecule has 11 heavy (non-hydrogen) atoms. The van der Waals surface area contributed by atoms with Gasteiger partial charge in [0.25, 0.3) is 0 Å². The van der Waals surface area contributed by atoms with Crippen molar-refractivity contribution >= 4 is 0 Å². The van der Waals surface area contributed by atoms with E-state index in [0.717, 1.165) is 0 Å². The number of alkyl halides is 4. The highest BCUT2D eigenvalue weighted by molar-refractivity contribution is 4.74. The molecule has 0 aliphatic rings. The minimum atomic E-state index is -4.75. The van der Waals surface area contributed by atoms with Crippen LogP contribution in [0.25, 0.3) is 0 Å². The predicted molar refractivity (Wildman–Crippen MR) is 28.6 cm³/mol. The summed E-state index contributed by atoms with van der Waals surface area (Å²) in [5.41, 5.74) is 0. The van der Waals surface area contributed by atoms with E-state index in [1.165, 1.54) is 0 Å². The molecule has 0 radical (unpaired) electrons. The number of hydrogen-bond donors (Lipinski definition) is 2. The monoisotopic (exact) mass is 176 g/mol. The van der Waals surface area contributed by atoms with Gasteiger partial charge in [0, 0.05) is 0 Å². The molecule has 2 N–H and O–H groups in total. The average Bonchev–Trinajstić information content (AvgIpc) is 1.86. The van der Waals surface area contributed by atoms with Crippen molar-refractivity contribution in [1.29, 1.82) is 0 Å². The number of aliphatic hydroxyl groups excluding tert-OH is 2. The van der Waals surface area contributed by atoms with Gasteiger partial charge in [-0.2, -0.15) is 13.2 Å². The van der Waals surface area contributed by atoms with Crippen LogP contribution in [0.4, 0.5) is 17.6 Å². The zero-order valence-corrected chi connectivity index (χ0v) is 5.48. The van der Waals surface area contributed by atoms with Crippen LogP contribution in [0.2, 0.25) is 0 Å². The van der Waals surface area contributed by atoms with Crippen LogP contribution in [0.3, 0.4) is 0 Å². The first-order valence-electron chi connectivity index (χ1n) is 2.85. The fraction of sp³-hybridized carbons (Fsp3) is 1.00. The second kappa shape index (κ2) is 3.87. The van der Waals surface area contributed by atoms with Gasteiger partial charge in [-0.05, 0) is 0 Å². The summed E-state index contributed by atoms with van der Waals surface area (Å²) in [6, 6.07) is 0. The molecule has 68 valence electrons. The fourth-order valence-corrected chi connectivity index (χ4v) is 0.551. The topological polar surface area (TPSA) is 40.5 Å². The van der Waals surface area contributed by atoms with Crippen molar-refractivity contribution in [3.63, 3.8) is 0 Å². The van der Waals surface area contributed by atoms with Crippen LogP contribution in [0, 0.1) is 5.92 Å². The van der Waals surface area contributed by atoms with E-state index in [1.54, 1.807) is 0 Å². The lowest BCUT2D eigenvalue weighted by molar-refractivity contribution is -0.210. The molecule has 0 heterocycles. The molecule has 0 spiro atoms. The van der Waals surface area contributed by atoms with Crippen molar-refractivity contribution in [2.45, 2.75) is 12.3 Å². The molecule has 2 unspecified atom stereocenters. The summed E-state index contributed by atoms with van der Waals surface area (Å²) >= 11 is 0. The van der Waals surface area contributed by atoms with Crippen LogP contribution in [0.1, 0.15) is 0 Å². The Morgan fingerprint density at radius 3 is 1.82 bits per heavy atom. The first kappa shape index (κ1) is 10.6. The molecule has 2 atom stereocenters. The number of halogens is 4. The van der Waals surface area contributed by atoms with Crippen molar-refractivity contribution in [3.05, 3.63) is 0 Å². The quantitative estimate of drug-likeness (QED) is 0.614. The molecule has 0 aromatic carbocycles. The minimum absolute atomic E-state index is 1.30. The maximum atomic E-state index is 11.7. The van der Waals surface area contributed by atoms with Crippen LogP contribution in [-0.4, -0.2) is 35.8 Å². The maximum Gasteiger partial charge on any atom is 0.396 e. The second-order valence-electron chi connectivity index (χ2n) is 2.05. The number of aliphatic hydroxyl groups is 2. The Morgan fingerprint density at radius 2 is 1.73 bits per heavy atom. The van der Waals surface area contributed by atoms with Gasteiger partial charge >= 0.3 is 6.18 Å². The van der Waals surface area contributed by atoms with E-state index in [-0.39, 0.29) is 0 Å². The van der Waals surface area contributed by atoms with E-state index in [0.29, 0.717) is 0 Å². The maximum absolute atomic E-state index is 11.7. The summed E-state index contributed by atoms with van der Waals surface area (Å²) in [7, 11) is 0. The Balaban J connectivity index is 4.16. The molecule has 0 saturated heterocycles. The van der Waals surface area contributed by atoms with Crippen molar-refractivity contribution in [3.8, 4) is 0 Å². The molecular weight excluding hydrogens is 168 g/mol. The lowest BCUT2D eigenvalue weighted by Crippen LogP contribution is -2.38. The summed E-state index contributed by atoms with van der Waals surface area (Å²) in [4.78, 5) is 0. The summed E-state index contributed by atoms with van der Waals surface area (Å²) in [5, 5.41) is 16.5. The predicted octanol–water partition coefficient (Wildman–Crippen LogP) is 0.488. The Hall–Kier alpha value is -0.360. The van der Waals surface area contributed by atoms with Gasteiger partial charge in [0.2, 0.25) is 0 Å². The smallest absolute Gasteiger partial charge is 0.396 e. The molecule has 0 amide bonds. The highest BCUT2D eigenvalue weighted by atomic mass is 19.4. The van der Waals surface area contributed by atoms with E-state index < -0.39 is 31.5 Å². The summed E-state index contributed by atoms with van der Waals surface area (Å²) < 4.78 is 46.5. The molecule has 0 aliphatic heterocycles. The zero-order valence-electron chi connectivity index (χ0n) is 5.48. The van der Waals surface area contributed by atoms with Crippen LogP contribution in [-0.2, 0) is 0 Å². The van der Waals surface area contributed by atoms with Gasteiger partial charge in [-0.3, -0.25) is 0 Å². The highest BCUT2D eigenvalue weighted by Crippen LogP contribution is 2.28. The Kier molecular flexibility index (Phi) is 3.74. The molecule has 0 fully saturated rings. The van der Waals surface area contributed by atoms with E-state index >= 15 is 0 Å². The molecular formula is C5H8F4O2. The Morgan fingerprint density at radius 1 is 1.27 bits per heavy atom. The summed E-state index contributed by atoms with van der Waals surface area (Å²) in [6.07, 6.45) is -6.92. The van der Waals surface area contributed by atoms with E-state index in [4.69, 9.17) is 10.2 Å². The summed E-state index contributed by atoms with van der Waals surface area (Å²) in [5.74, 6) is -2.38. The van der Waals surface area contributed by atoms with Gasteiger partial charge in [-0.25, -0.2) is 4.39 Å². The molecule has 0 rings (SSSR count). The number of hydrogen-bond acceptors (Lipinski definition) is 2. The molecule has 6 heteroatoms. The van der Waals surface area contributed by atoms with Crippen molar-refractivity contribution in [2.24, 2.45) is 5.92 Å². The molecule has 0 saturated carbocycles. The van der Waals surface area contributed by atoms with Gasteiger partial charge in [-0.15, -0.1) is 0 Å². The van der Waals surface area contributed by atoms with Gasteiger partial charge in [0.1, 0.15) is 12.6 Å². The first-order chi connectivity index (χ1) is 4.93. The van der Waals surface area contributed by atoms with Crippen molar-refractivity contribution < 1.29 is 27.8 Å². The third-order valence-corrected chi connectivity index (χ3v) is 1.24. The van der Waals surface area contributed by atoms with Crippen molar-refractivity contribution in [1.82, 2.24) is 0 Å². The second-order valence-corrected chi connectivity index (χ2v) is 2.05. The van der Waals surface area contributed by atoms with Gasteiger partial charge in [0.05, 0.1) is 12.7 Å². The van der Waals surface area contributed by atoms with Crippen LogP contribution in [0.5, 0.6) is 0 Å². The SMILES string of the molecule is OCC(C(O)CF)C(F)(F)F. The normalized spacial score (nSPS) is 18.0. The largest absolute Gasteiger partial charge is 0.396 e. The van der Waals surface area contributed by atoms with Gasteiger partial charge < -0.3 is 10.2 Å². The first-order valence-corrected chi connectivity index (χ1v) is 2.85. The summed E-state index contributed by atoms with van der Waals surface area (Å²) in [6.45, 7) is -2.81. The number of rotatable bonds is 3. The molecule has 0 aromatic rings. The fourth-order valence-electron chi connectivity index (χ4n) is 0.551. The molecule has 2 nitrogen and oxygen atoms in total. The van der Waals surface area contributed by atoms with E-state index in [9.17, 15) is 17.6 Å². The van der Waals surface area contributed by atoms with Gasteiger partial charge in [-0.1, -0.05) is 0 Å². The van der Waals surface area contributed by atoms with E-state index in [2.05, 4.69) is 0 Å². The lowest BCUT2D eigenvalue weighted by Gasteiger charge is -2.20. The van der Waals surface area contributed by atoms with Crippen molar-refractivity contribution in [2.75, 3.05) is 13.3 Å². The lowest BCUT2D eigenvalue weighted by atomic mass is 10.0. The minimum Gasteiger partial charge on any atom is -0.396 e. The third kappa shape index (κ3) is 3.02. The van der Waals surface area contributed by atoms with Crippen LogP contribution in [0.15, 0.2) is 0 Å².